The van der Waals surface area contributed by atoms with Gasteiger partial charge in [-0.05, 0) is 32.0 Å². The highest BCUT2D eigenvalue weighted by molar-refractivity contribution is 5.52. The molecule has 1 aromatic rings. The topological polar surface area (TPSA) is 24.5 Å². The highest BCUT2D eigenvalue weighted by Crippen LogP contribution is 2.19. The van der Waals surface area contributed by atoms with Gasteiger partial charge in [-0.25, -0.2) is 0 Å². The lowest BCUT2D eigenvalue weighted by Gasteiger charge is -2.29. The molecule has 0 spiro atoms. The molecule has 0 bridgehead atoms. The van der Waals surface area contributed by atoms with Gasteiger partial charge < -0.3 is 15.0 Å². The Morgan fingerprint density at radius 1 is 1.28 bits per heavy atom. The van der Waals surface area contributed by atoms with E-state index >= 15 is 0 Å². The number of nitrogens with one attached hydrogen (secondary N) is 1. The lowest BCUT2D eigenvalue weighted by Crippen LogP contribution is -2.44. The van der Waals surface area contributed by atoms with Crippen LogP contribution in [0.3, 0.4) is 0 Å². The second-order valence-corrected chi connectivity index (χ2v) is 4.54. The van der Waals surface area contributed by atoms with Crippen LogP contribution in [0.1, 0.15) is 19.4 Å². The van der Waals surface area contributed by atoms with Gasteiger partial charge in [-0.15, -0.1) is 0 Å². The van der Waals surface area contributed by atoms with Crippen LogP contribution in [0.15, 0.2) is 24.3 Å². The van der Waals surface area contributed by atoms with Gasteiger partial charge in [0.05, 0.1) is 6.61 Å². The molecule has 0 radical (unpaired) electrons. The Bertz CT molecular complexity index is 335. The fourth-order valence-electron chi connectivity index (χ4n) is 2.25. The number of nitrogens with zero attached hydrogens (tertiary/aromatic N) is 1. The lowest BCUT2D eigenvalue weighted by atomic mass is 10.1. The zero-order valence-corrected chi connectivity index (χ0v) is 12.1. The van der Waals surface area contributed by atoms with Gasteiger partial charge in [-0.1, -0.05) is 25.1 Å². The van der Waals surface area contributed by atoms with Crippen LogP contribution >= 0.6 is 0 Å². The maximum atomic E-state index is 5.28. The number of likely N-dealkylation sites (N-methyl/N-ethyl adjacent to an activating group) is 2. The molecule has 0 aliphatic heterocycles. The van der Waals surface area contributed by atoms with E-state index in [-0.39, 0.29) is 0 Å². The summed E-state index contributed by atoms with van der Waals surface area (Å²) in [6.45, 7) is 10.2. The Kier molecular flexibility index (Phi) is 6.76. The van der Waals surface area contributed by atoms with Crippen molar-refractivity contribution < 1.29 is 4.74 Å². The van der Waals surface area contributed by atoms with Gasteiger partial charge >= 0.3 is 0 Å². The van der Waals surface area contributed by atoms with E-state index in [1.165, 1.54) is 11.3 Å². The number of rotatable bonds is 8. The van der Waals surface area contributed by atoms with Crippen molar-refractivity contribution in [1.82, 2.24) is 5.32 Å². The first-order chi connectivity index (χ1) is 8.72. The van der Waals surface area contributed by atoms with Crippen molar-refractivity contribution >= 4 is 5.69 Å². The lowest BCUT2D eigenvalue weighted by molar-refractivity contribution is 0.168. The predicted molar refractivity (Wildman–Crippen MR) is 78.4 cm³/mol. The molecule has 0 saturated carbocycles. The monoisotopic (exact) mass is 250 g/mol. The van der Waals surface area contributed by atoms with Crippen molar-refractivity contribution in [3.05, 3.63) is 29.8 Å². The van der Waals surface area contributed by atoms with Crippen LogP contribution in [-0.4, -0.2) is 39.4 Å². The molecule has 18 heavy (non-hydrogen) atoms. The Balaban J connectivity index is 2.73. The number of benzene rings is 1. The van der Waals surface area contributed by atoms with E-state index in [4.69, 9.17) is 4.74 Å². The summed E-state index contributed by atoms with van der Waals surface area (Å²) in [6.07, 6.45) is 0. The second-order valence-electron chi connectivity index (χ2n) is 4.54. The molecule has 1 rings (SSSR count). The molecular weight excluding hydrogens is 224 g/mol. The summed E-state index contributed by atoms with van der Waals surface area (Å²) < 4.78 is 5.28. The van der Waals surface area contributed by atoms with Gasteiger partial charge in [0.25, 0.3) is 0 Å². The number of hydrogen-bond acceptors (Lipinski definition) is 3. The number of aryl methyl sites for hydroxylation is 1. The van der Waals surface area contributed by atoms with E-state index in [2.05, 4.69) is 55.3 Å². The van der Waals surface area contributed by atoms with Gasteiger partial charge in [0.1, 0.15) is 0 Å². The molecule has 0 amide bonds. The van der Waals surface area contributed by atoms with Crippen molar-refractivity contribution in [1.29, 1.82) is 0 Å². The average molecular weight is 250 g/mol. The number of hydrogen-bond donors (Lipinski definition) is 1. The highest BCUT2D eigenvalue weighted by Gasteiger charge is 2.13. The summed E-state index contributed by atoms with van der Waals surface area (Å²) >= 11 is 0. The quantitative estimate of drug-likeness (QED) is 0.767. The molecule has 0 heterocycles. The van der Waals surface area contributed by atoms with E-state index in [0.29, 0.717) is 6.04 Å². The first-order valence-corrected chi connectivity index (χ1v) is 6.75. The third kappa shape index (κ3) is 4.31. The van der Waals surface area contributed by atoms with Gasteiger partial charge in [-0.2, -0.15) is 0 Å². The van der Waals surface area contributed by atoms with Crippen LogP contribution in [0.4, 0.5) is 5.69 Å². The number of para-hydroxylation sites is 1. The number of ether oxygens (including phenoxy) is 1. The van der Waals surface area contributed by atoms with E-state index in [1.54, 1.807) is 7.11 Å². The largest absolute Gasteiger partial charge is 0.383 e. The zero-order chi connectivity index (χ0) is 13.4. The molecule has 102 valence electrons. The SMILES string of the molecule is CCNC(COC)CN(CC)c1ccccc1C. The van der Waals surface area contributed by atoms with E-state index in [1.807, 2.05) is 0 Å². The predicted octanol–water partition coefficient (Wildman–Crippen LogP) is 2.45. The third-order valence-electron chi connectivity index (χ3n) is 3.14. The van der Waals surface area contributed by atoms with Crippen molar-refractivity contribution in [2.24, 2.45) is 0 Å². The summed E-state index contributed by atoms with van der Waals surface area (Å²) in [4.78, 5) is 2.40. The zero-order valence-electron chi connectivity index (χ0n) is 12.1. The van der Waals surface area contributed by atoms with E-state index in [9.17, 15) is 0 Å². The summed E-state index contributed by atoms with van der Waals surface area (Å²) in [7, 11) is 1.76. The third-order valence-corrected chi connectivity index (χ3v) is 3.14. The van der Waals surface area contributed by atoms with Crippen LogP contribution in [0.2, 0.25) is 0 Å². The molecule has 3 nitrogen and oxygen atoms in total. The average Bonchev–Trinajstić information content (AvgIpc) is 2.37. The minimum Gasteiger partial charge on any atom is -0.383 e. The van der Waals surface area contributed by atoms with Crippen molar-refractivity contribution in [3.63, 3.8) is 0 Å². The minimum atomic E-state index is 0.375. The van der Waals surface area contributed by atoms with Gasteiger partial charge in [0, 0.05) is 31.9 Å². The van der Waals surface area contributed by atoms with Crippen molar-refractivity contribution in [2.75, 3.05) is 38.3 Å². The van der Waals surface area contributed by atoms with Crippen LogP contribution in [-0.2, 0) is 4.74 Å². The number of methoxy groups -OCH3 is 1. The van der Waals surface area contributed by atoms with E-state index < -0.39 is 0 Å². The molecule has 0 aromatic heterocycles. The van der Waals surface area contributed by atoms with Gasteiger partial charge in [0.15, 0.2) is 0 Å². The maximum absolute atomic E-state index is 5.28. The molecule has 0 fully saturated rings. The molecule has 1 aromatic carbocycles. The normalized spacial score (nSPS) is 12.4. The molecule has 0 saturated heterocycles. The standard InChI is InChI=1S/C15H26N2O/c1-5-16-14(12-18-4)11-17(6-2)15-10-8-7-9-13(15)3/h7-10,14,16H,5-6,11-12H2,1-4H3. The molecule has 1 atom stereocenters. The summed E-state index contributed by atoms with van der Waals surface area (Å²) in [5.41, 5.74) is 2.64. The van der Waals surface area contributed by atoms with Crippen LogP contribution in [0, 0.1) is 6.92 Å². The second kappa shape index (κ2) is 8.11. The summed E-state index contributed by atoms with van der Waals surface area (Å²) in [5, 5.41) is 3.47. The van der Waals surface area contributed by atoms with Crippen molar-refractivity contribution in [2.45, 2.75) is 26.8 Å². The summed E-state index contributed by atoms with van der Waals surface area (Å²) in [6, 6.07) is 8.91. The Morgan fingerprint density at radius 2 is 2.00 bits per heavy atom. The molecule has 3 heteroatoms. The molecule has 1 N–H and O–H groups in total. The van der Waals surface area contributed by atoms with Crippen LogP contribution in [0.5, 0.6) is 0 Å². The Hall–Kier alpha value is -1.06. The Labute approximate surface area is 111 Å². The molecule has 0 aliphatic rings. The van der Waals surface area contributed by atoms with Crippen LogP contribution < -0.4 is 10.2 Å². The van der Waals surface area contributed by atoms with Crippen LogP contribution in [0.25, 0.3) is 0 Å². The van der Waals surface area contributed by atoms with Crippen molar-refractivity contribution in [3.8, 4) is 0 Å². The van der Waals surface area contributed by atoms with Gasteiger partial charge in [-0.3, -0.25) is 0 Å². The first-order valence-electron chi connectivity index (χ1n) is 6.75. The summed E-state index contributed by atoms with van der Waals surface area (Å²) in [5.74, 6) is 0. The number of anilines is 1. The van der Waals surface area contributed by atoms with E-state index in [0.717, 1.165) is 26.2 Å². The molecule has 0 aliphatic carbocycles. The Morgan fingerprint density at radius 3 is 2.56 bits per heavy atom. The maximum Gasteiger partial charge on any atom is 0.0633 e. The first kappa shape index (κ1) is 15.0. The highest BCUT2D eigenvalue weighted by atomic mass is 16.5. The fraction of sp³-hybridized carbons (Fsp3) is 0.600. The minimum absolute atomic E-state index is 0.375. The fourth-order valence-corrected chi connectivity index (χ4v) is 2.25. The molecular formula is C15H26N2O. The van der Waals surface area contributed by atoms with Gasteiger partial charge in [0.2, 0.25) is 0 Å². The smallest absolute Gasteiger partial charge is 0.0633 e. The molecule has 1 unspecified atom stereocenters.